The number of carbonyl (C=O) groups excluding carboxylic acids is 2. The summed E-state index contributed by atoms with van der Waals surface area (Å²) in [6, 6.07) is 11.7. The molecule has 178 valence electrons. The largest absolute Gasteiger partial charge is 0.385 e. The van der Waals surface area contributed by atoms with E-state index in [1.165, 1.54) is 4.57 Å². The predicted molar refractivity (Wildman–Crippen MR) is 134 cm³/mol. The van der Waals surface area contributed by atoms with Crippen molar-refractivity contribution < 1.29 is 14.3 Å². The molecule has 10 heteroatoms. The molecule has 1 aromatic heterocycles. The van der Waals surface area contributed by atoms with Crippen LogP contribution in [-0.2, 0) is 11.3 Å². The van der Waals surface area contributed by atoms with Gasteiger partial charge in [-0.2, -0.15) is 0 Å². The number of hydrogen-bond donors (Lipinski definition) is 3. The Bertz CT molecular complexity index is 1330. The lowest BCUT2D eigenvalue weighted by molar-refractivity contribution is 0.102. The zero-order chi connectivity index (χ0) is 24.1. The van der Waals surface area contributed by atoms with Gasteiger partial charge in [-0.3, -0.25) is 14.2 Å². The van der Waals surface area contributed by atoms with Gasteiger partial charge in [-0.15, -0.1) is 0 Å². The smallest absolute Gasteiger partial charge is 0.321 e. The second-order valence-corrected chi connectivity index (χ2v) is 8.50. The maximum atomic E-state index is 13.0. The molecule has 3 amide bonds. The molecule has 1 aliphatic rings. The molecule has 2 aromatic carbocycles. The third-order valence-corrected chi connectivity index (χ3v) is 6.11. The second-order valence-electron chi connectivity index (χ2n) is 8.12. The van der Waals surface area contributed by atoms with E-state index >= 15 is 0 Å². The monoisotopic (exact) mass is 481 g/mol. The number of H-pyrrole nitrogens is 1. The van der Waals surface area contributed by atoms with Crippen LogP contribution in [0.2, 0.25) is 0 Å². The number of aromatic nitrogens is 2. The molecular weight excluding hydrogens is 454 g/mol. The van der Waals surface area contributed by atoms with Crippen LogP contribution in [0.1, 0.15) is 29.6 Å². The standard InChI is InChI=1S/C24H27N5O4S/c1-33-14-6-13-29-22(31)17-10-9-16(15-20(17)27-24(29)34)21(30)25-18-7-2-3-8-19(18)26-23(32)28-11-4-5-12-28/h2-3,7-10,15H,4-6,11-14H2,1H3,(H,25,30)(H,26,32)(H,27,34). The fourth-order valence-electron chi connectivity index (χ4n) is 3.98. The number of para-hydroxylation sites is 2. The summed E-state index contributed by atoms with van der Waals surface area (Å²) in [6.45, 7) is 2.43. The second kappa shape index (κ2) is 10.6. The first-order valence-electron chi connectivity index (χ1n) is 11.2. The maximum absolute atomic E-state index is 13.0. The molecule has 1 fully saturated rings. The van der Waals surface area contributed by atoms with E-state index in [9.17, 15) is 14.4 Å². The number of urea groups is 1. The molecule has 0 spiro atoms. The fraction of sp³-hybridized carbons (Fsp3) is 0.333. The third kappa shape index (κ3) is 5.18. The Kier molecular flexibility index (Phi) is 7.39. The predicted octanol–water partition coefficient (Wildman–Crippen LogP) is 3.98. The number of ether oxygens (including phenoxy) is 1. The van der Waals surface area contributed by atoms with E-state index in [4.69, 9.17) is 17.0 Å². The van der Waals surface area contributed by atoms with Crippen LogP contribution in [0.4, 0.5) is 16.2 Å². The van der Waals surface area contributed by atoms with Crippen LogP contribution in [0, 0.1) is 4.77 Å². The Morgan fingerprint density at radius 2 is 1.79 bits per heavy atom. The van der Waals surface area contributed by atoms with Crippen LogP contribution >= 0.6 is 12.2 Å². The third-order valence-electron chi connectivity index (χ3n) is 5.78. The van der Waals surface area contributed by atoms with E-state index in [1.807, 2.05) is 0 Å². The van der Waals surface area contributed by atoms with Crippen LogP contribution in [0.5, 0.6) is 0 Å². The number of anilines is 2. The Morgan fingerprint density at radius 3 is 2.50 bits per heavy atom. The molecule has 1 aliphatic heterocycles. The lowest BCUT2D eigenvalue weighted by atomic mass is 10.1. The van der Waals surface area contributed by atoms with Gasteiger partial charge in [-0.05, 0) is 61.8 Å². The number of likely N-dealkylation sites (tertiary alicyclic amines) is 1. The van der Waals surface area contributed by atoms with E-state index in [2.05, 4.69) is 15.6 Å². The Balaban J connectivity index is 1.54. The highest BCUT2D eigenvalue weighted by Crippen LogP contribution is 2.23. The normalized spacial score (nSPS) is 13.3. The molecule has 2 heterocycles. The molecule has 0 atom stereocenters. The molecule has 1 saturated heterocycles. The van der Waals surface area contributed by atoms with Crippen LogP contribution in [0.25, 0.3) is 10.9 Å². The van der Waals surface area contributed by atoms with Crippen LogP contribution < -0.4 is 16.2 Å². The molecular formula is C24H27N5O4S. The summed E-state index contributed by atoms with van der Waals surface area (Å²) < 4.78 is 6.84. The average Bonchev–Trinajstić information content (AvgIpc) is 3.37. The minimum atomic E-state index is -0.367. The number of amides is 3. The van der Waals surface area contributed by atoms with Crippen LogP contribution in [0.15, 0.2) is 47.3 Å². The van der Waals surface area contributed by atoms with Gasteiger partial charge in [0.05, 0.1) is 22.3 Å². The van der Waals surface area contributed by atoms with Crippen molar-refractivity contribution in [2.75, 3.05) is 37.4 Å². The molecule has 9 nitrogen and oxygen atoms in total. The molecule has 3 aromatic rings. The van der Waals surface area contributed by atoms with Crippen molar-refractivity contribution in [1.29, 1.82) is 0 Å². The fourth-order valence-corrected chi connectivity index (χ4v) is 4.26. The van der Waals surface area contributed by atoms with Crippen molar-refractivity contribution in [2.45, 2.75) is 25.8 Å². The van der Waals surface area contributed by atoms with Crippen molar-refractivity contribution >= 4 is 46.4 Å². The van der Waals surface area contributed by atoms with Crippen molar-refractivity contribution in [2.24, 2.45) is 0 Å². The highest BCUT2D eigenvalue weighted by molar-refractivity contribution is 7.71. The number of carbonyl (C=O) groups is 2. The molecule has 0 aliphatic carbocycles. The van der Waals surface area contributed by atoms with Gasteiger partial charge in [0.1, 0.15) is 0 Å². The number of benzene rings is 2. The molecule has 3 N–H and O–H groups in total. The first-order valence-corrected chi connectivity index (χ1v) is 11.6. The van der Waals surface area contributed by atoms with E-state index in [-0.39, 0.29) is 17.5 Å². The van der Waals surface area contributed by atoms with Gasteiger partial charge in [0.15, 0.2) is 4.77 Å². The van der Waals surface area contributed by atoms with Gasteiger partial charge in [0.2, 0.25) is 0 Å². The highest BCUT2D eigenvalue weighted by atomic mass is 32.1. The topological polar surface area (TPSA) is 108 Å². The van der Waals surface area contributed by atoms with Gasteiger partial charge >= 0.3 is 6.03 Å². The summed E-state index contributed by atoms with van der Waals surface area (Å²) in [6.07, 6.45) is 2.65. The highest BCUT2D eigenvalue weighted by Gasteiger charge is 2.19. The summed E-state index contributed by atoms with van der Waals surface area (Å²) >= 11 is 5.35. The Hall–Kier alpha value is -3.50. The van der Waals surface area contributed by atoms with Crippen molar-refractivity contribution in [1.82, 2.24) is 14.5 Å². The van der Waals surface area contributed by atoms with Crippen molar-refractivity contribution in [3.8, 4) is 0 Å². The summed E-state index contributed by atoms with van der Waals surface area (Å²) in [5, 5.41) is 6.18. The van der Waals surface area contributed by atoms with Gasteiger partial charge in [0.25, 0.3) is 11.5 Å². The molecule has 34 heavy (non-hydrogen) atoms. The number of nitrogens with one attached hydrogen (secondary N) is 3. The van der Waals surface area contributed by atoms with Gasteiger partial charge in [-0.25, -0.2) is 4.79 Å². The van der Waals surface area contributed by atoms with E-state index in [0.29, 0.717) is 52.2 Å². The van der Waals surface area contributed by atoms with Gasteiger partial charge in [-0.1, -0.05) is 12.1 Å². The summed E-state index contributed by atoms with van der Waals surface area (Å²) in [4.78, 5) is 43.2. The molecule has 0 saturated carbocycles. The lowest BCUT2D eigenvalue weighted by Gasteiger charge is -2.18. The van der Waals surface area contributed by atoms with Gasteiger partial charge in [0, 0.05) is 38.9 Å². The lowest BCUT2D eigenvalue weighted by Crippen LogP contribution is -2.32. The number of fused-ring (bicyclic) bond motifs is 1. The Morgan fingerprint density at radius 1 is 1.09 bits per heavy atom. The first-order chi connectivity index (χ1) is 16.5. The number of hydrogen-bond acceptors (Lipinski definition) is 5. The SMILES string of the molecule is COCCCn1c(=S)[nH]c2cc(C(=O)Nc3ccccc3NC(=O)N3CCCC3)ccc2c1=O. The van der Waals surface area contributed by atoms with Gasteiger partial charge < -0.3 is 25.3 Å². The molecule has 0 radical (unpaired) electrons. The van der Waals surface area contributed by atoms with Crippen molar-refractivity contribution in [3.63, 3.8) is 0 Å². The van der Waals surface area contributed by atoms with Crippen LogP contribution in [-0.4, -0.2) is 53.2 Å². The number of nitrogens with zero attached hydrogens (tertiary/aromatic N) is 2. The number of rotatable bonds is 7. The molecule has 0 unspecified atom stereocenters. The summed E-state index contributed by atoms with van der Waals surface area (Å²) in [7, 11) is 1.61. The summed E-state index contributed by atoms with van der Waals surface area (Å²) in [5.41, 5.74) is 1.64. The molecule has 0 bridgehead atoms. The first kappa shape index (κ1) is 23.7. The zero-order valence-corrected chi connectivity index (χ0v) is 19.7. The van der Waals surface area contributed by atoms with E-state index in [1.54, 1.807) is 54.5 Å². The summed E-state index contributed by atoms with van der Waals surface area (Å²) in [5.74, 6) is -0.367. The van der Waals surface area contributed by atoms with E-state index in [0.717, 1.165) is 25.9 Å². The minimum Gasteiger partial charge on any atom is -0.385 e. The maximum Gasteiger partial charge on any atom is 0.321 e. The number of methoxy groups -OCH3 is 1. The van der Waals surface area contributed by atoms with Crippen molar-refractivity contribution in [3.05, 3.63) is 63.2 Å². The van der Waals surface area contributed by atoms with Crippen LogP contribution in [0.3, 0.4) is 0 Å². The molecule has 4 rings (SSSR count). The average molecular weight is 482 g/mol. The van der Waals surface area contributed by atoms with E-state index < -0.39 is 0 Å². The Labute approximate surface area is 201 Å². The number of aromatic amines is 1. The zero-order valence-electron chi connectivity index (χ0n) is 18.9. The minimum absolute atomic E-state index is 0.181. The quantitative estimate of drug-likeness (QED) is 0.349.